The second kappa shape index (κ2) is 12.6. The molecule has 2 aliphatic rings. The summed E-state index contributed by atoms with van der Waals surface area (Å²) < 4.78 is 43.4. The van der Waals surface area contributed by atoms with Crippen molar-refractivity contribution in [2.75, 3.05) is 6.61 Å². The first-order valence-electron chi connectivity index (χ1n) is 13.4. The smallest absolute Gasteiger partial charge is 0.459 e. The zero-order valence-corrected chi connectivity index (χ0v) is 24.4. The summed E-state index contributed by atoms with van der Waals surface area (Å²) in [5, 5.41) is 12.8. The molecule has 1 saturated carbocycles. The molecule has 6 atom stereocenters. The van der Waals surface area contributed by atoms with Crippen molar-refractivity contribution >= 4 is 19.7 Å². The molecular weight excluding hydrogens is 571 g/mol. The first-order chi connectivity index (χ1) is 19.8. The maximum Gasteiger partial charge on any atom is 0.459 e. The topological polar surface area (TPSA) is 188 Å². The Bertz CT molecular complexity index is 1500. The van der Waals surface area contributed by atoms with E-state index in [9.17, 15) is 29.0 Å². The highest BCUT2D eigenvalue weighted by Gasteiger charge is 2.59. The fraction of sp³-hybridized carbons (Fsp3) is 0.519. The molecule has 1 saturated heterocycles. The lowest BCUT2D eigenvalue weighted by atomic mass is 9.83. The van der Waals surface area contributed by atoms with E-state index < -0.39 is 73.5 Å². The summed E-state index contributed by atoms with van der Waals surface area (Å²) >= 11 is 0. The molecule has 2 fully saturated rings. The summed E-state index contributed by atoms with van der Waals surface area (Å²) in [5.41, 5.74) is -3.13. The van der Waals surface area contributed by atoms with Crippen molar-refractivity contribution in [2.24, 2.45) is 11.3 Å². The molecule has 6 unspecified atom stereocenters. The van der Waals surface area contributed by atoms with E-state index in [1.807, 2.05) is 0 Å². The van der Waals surface area contributed by atoms with Gasteiger partial charge < -0.3 is 18.7 Å². The molecule has 0 bridgehead atoms. The van der Waals surface area contributed by atoms with Crippen LogP contribution in [0.25, 0.3) is 0 Å². The van der Waals surface area contributed by atoms with Gasteiger partial charge >= 0.3 is 25.4 Å². The molecule has 226 valence electrons. The van der Waals surface area contributed by atoms with Crippen molar-refractivity contribution in [2.45, 2.75) is 71.1 Å². The number of nitrogens with zero attached hydrogens (tertiary/aromatic N) is 2. The van der Waals surface area contributed by atoms with Gasteiger partial charge in [0.05, 0.1) is 24.7 Å². The van der Waals surface area contributed by atoms with Crippen LogP contribution in [0.5, 0.6) is 5.75 Å². The molecular formula is C27H33N4O10P. The van der Waals surface area contributed by atoms with Crippen LogP contribution in [0.4, 0.5) is 0 Å². The van der Waals surface area contributed by atoms with Crippen molar-refractivity contribution in [3.8, 4) is 11.8 Å². The number of carbonyl (C=O) groups is 2. The van der Waals surface area contributed by atoms with Gasteiger partial charge in [0.1, 0.15) is 23.3 Å². The second-order valence-corrected chi connectivity index (χ2v) is 12.3. The molecule has 0 spiro atoms. The summed E-state index contributed by atoms with van der Waals surface area (Å²) in [6, 6.07) is 10.1. The Hall–Kier alpha value is -3.76. The number of para-hydroxylation sites is 1. The number of ether oxygens (including phenoxy) is 3. The number of H-pyrrole nitrogens is 1. The largest absolute Gasteiger partial charge is 0.462 e. The van der Waals surface area contributed by atoms with Gasteiger partial charge in [-0.25, -0.2) is 9.36 Å². The van der Waals surface area contributed by atoms with Crippen LogP contribution in [-0.2, 0) is 32.9 Å². The van der Waals surface area contributed by atoms with Gasteiger partial charge in [-0.15, -0.1) is 0 Å². The quantitative estimate of drug-likeness (QED) is 0.266. The van der Waals surface area contributed by atoms with Crippen LogP contribution in [0.1, 0.15) is 46.8 Å². The van der Waals surface area contributed by atoms with Crippen LogP contribution in [0.2, 0.25) is 0 Å². The van der Waals surface area contributed by atoms with Gasteiger partial charge in [0.2, 0.25) is 0 Å². The van der Waals surface area contributed by atoms with Gasteiger partial charge in [-0.2, -0.15) is 10.3 Å². The van der Waals surface area contributed by atoms with Gasteiger partial charge in [-0.1, -0.05) is 18.2 Å². The number of esters is 2. The summed E-state index contributed by atoms with van der Waals surface area (Å²) in [6.45, 7) is 5.66. The molecule has 42 heavy (non-hydrogen) atoms. The summed E-state index contributed by atoms with van der Waals surface area (Å²) in [7, 11) is -4.34. The monoisotopic (exact) mass is 604 g/mol. The van der Waals surface area contributed by atoms with E-state index in [-0.39, 0.29) is 11.7 Å². The second-order valence-electron chi connectivity index (χ2n) is 10.6. The van der Waals surface area contributed by atoms with Crippen LogP contribution in [-0.4, -0.2) is 52.5 Å². The lowest BCUT2D eigenvalue weighted by Gasteiger charge is -2.29. The van der Waals surface area contributed by atoms with Crippen LogP contribution in [0.15, 0.2) is 52.2 Å². The molecule has 2 aromatic rings. The highest BCUT2D eigenvalue weighted by atomic mass is 31.2. The maximum absolute atomic E-state index is 14.0. The minimum Gasteiger partial charge on any atom is -0.462 e. The van der Waals surface area contributed by atoms with E-state index in [1.165, 1.54) is 26.0 Å². The minimum atomic E-state index is -4.34. The van der Waals surface area contributed by atoms with Crippen molar-refractivity contribution in [1.82, 2.24) is 14.6 Å². The van der Waals surface area contributed by atoms with Crippen LogP contribution < -0.4 is 20.9 Å². The number of hydrogen-bond donors (Lipinski definition) is 2. The molecule has 2 N–H and O–H groups in total. The fourth-order valence-corrected chi connectivity index (χ4v) is 5.86. The highest BCUT2D eigenvalue weighted by Crippen LogP contribution is 2.50. The van der Waals surface area contributed by atoms with Crippen molar-refractivity contribution < 1.29 is 37.4 Å². The van der Waals surface area contributed by atoms with Crippen molar-refractivity contribution in [3.63, 3.8) is 0 Å². The number of hydrogen-bond acceptors (Lipinski definition) is 11. The van der Waals surface area contributed by atoms with Gasteiger partial charge in [0, 0.05) is 12.3 Å². The van der Waals surface area contributed by atoms with E-state index in [4.69, 9.17) is 23.3 Å². The molecule has 1 aromatic heterocycles. The Morgan fingerprint density at radius 3 is 2.50 bits per heavy atom. The molecule has 2 heterocycles. The summed E-state index contributed by atoms with van der Waals surface area (Å²) in [6.07, 6.45) is -1.80. The molecule has 1 aliphatic heterocycles. The summed E-state index contributed by atoms with van der Waals surface area (Å²) in [4.78, 5) is 51.6. The van der Waals surface area contributed by atoms with Gasteiger partial charge in [0.25, 0.3) is 5.56 Å². The lowest BCUT2D eigenvalue weighted by Crippen LogP contribution is -2.43. The Kier molecular flexibility index (Phi) is 9.37. The third-order valence-corrected chi connectivity index (χ3v) is 8.32. The number of rotatable bonds is 12. The number of aromatic amines is 1. The van der Waals surface area contributed by atoms with E-state index >= 15 is 0 Å². The molecule has 0 radical (unpaired) electrons. The normalized spacial score (nSPS) is 25.7. The fourth-order valence-electron chi connectivity index (χ4n) is 4.36. The SMILES string of the molecule is CC(C)OC(=O)C(C)NP(=O)(OCC1OC(n2ccc(=O)[nH]c2=O)C(C)(C#N)C1OC(=O)C1CC1)Oc1ccccc1. The van der Waals surface area contributed by atoms with Crippen LogP contribution in [0, 0.1) is 22.7 Å². The average Bonchev–Trinajstić information content (AvgIpc) is 3.74. The van der Waals surface area contributed by atoms with Crippen molar-refractivity contribution in [3.05, 3.63) is 63.4 Å². The van der Waals surface area contributed by atoms with E-state index in [2.05, 4.69) is 16.1 Å². The molecule has 1 aliphatic carbocycles. The van der Waals surface area contributed by atoms with E-state index in [0.717, 1.165) is 16.8 Å². The van der Waals surface area contributed by atoms with E-state index in [1.54, 1.807) is 32.0 Å². The zero-order valence-electron chi connectivity index (χ0n) is 23.6. The molecule has 15 heteroatoms. The third-order valence-electron chi connectivity index (χ3n) is 6.68. The Morgan fingerprint density at radius 2 is 1.90 bits per heavy atom. The van der Waals surface area contributed by atoms with Gasteiger partial charge in [0.15, 0.2) is 12.3 Å². The Labute approximate surface area is 241 Å². The lowest BCUT2D eigenvalue weighted by molar-refractivity contribution is -0.157. The highest BCUT2D eigenvalue weighted by molar-refractivity contribution is 7.52. The Balaban J connectivity index is 1.64. The number of nitrogens with one attached hydrogen (secondary N) is 2. The first kappa shape index (κ1) is 31.2. The third kappa shape index (κ3) is 7.17. The van der Waals surface area contributed by atoms with Gasteiger partial charge in [-0.3, -0.25) is 28.5 Å². The number of aromatic nitrogens is 2. The average molecular weight is 605 g/mol. The number of carbonyl (C=O) groups excluding carboxylic acids is 2. The minimum absolute atomic E-state index is 0.168. The molecule has 1 aromatic carbocycles. The van der Waals surface area contributed by atoms with Gasteiger partial charge in [-0.05, 0) is 52.7 Å². The molecule has 0 amide bonds. The first-order valence-corrected chi connectivity index (χ1v) is 15.0. The van der Waals surface area contributed by atoms with Crippen molar-refractivity contribution in [1.29, 1.82) is 5.26 Å². The predicted molar refractivity (Wildman–Crippen MR) is 146 cm³/mol. The number of benzene rings is 1. The Morgan fingerprint density at radius 1 is 1.21 bits per heavy atom. The molecule has 4 rings (SSSR count). The zero-order chi connectivity index (χ0) is 30.7. The van der Waals surface area contributed by atoms with E-state index in [0.29, 0.717) is 12.8 Å². The summed E-state index contributed by atoms with van der Waals surface area (Å²) in [5.74, 6) is -1.41. The van der Waals surface area contributed by atoms with Crippen LogP contribution >= 0.6 is 7.75 Å². The molecule has 14 nitrogen and oxygen atoms in total. The van der Waals surface area contributed by atoms with Crippen LogP contribution in [0.3, 0.4) is 0 Å². The number of nitriles is 1. The predicted octanol–water partition coefficient (Wildman–Crippen LogP) is 2.42. The standard InChI is InChI=1S/C27H33N4O10P/c1-16(2)38-23(33)17(3)30-42(36,41-19-8-6-5-7-9-19)37-14-20-22(40-24(34)18-10-11-18)27(4,15-28)25(39-20)31-13-12-21(32)29-26(31)35/h5-9,12-13,16-18,20,22,25H,10-11,14H2,1-4H3,(H,30,36)(H,29,32,35). The maximum atomic E-state index is 14.0.